The van der Waals surface area contributed by atoms with Gasteiger partial charge >= 0.3 is 5.97 Å². The van der Waals surface area contributed by atoms with Crippen molar-refractivity contribution in [2.75, 3.05) is 39.0 Å². The molecule has 0 spiro atoms. The summed E-state index contributed by atoms with van der Waals surface area (Å²) < 4.78 is 26.3. The van der Waals surface area contributed by atoms with Crippen LogP contribution in [0.25, 0.3) is 10.8 Å². The lowest BCUT2D eigenvalue weighted by atomic mass is 9.96. The normalized spacial score (nSPS) is 16.0. The molecule has 11 nitrogen and oxygen atoms in total. The number of aliphatic carboxylic acids is 1. The molecule has 12 heteroatoms. The number of piperidine rings is 1. The van der Waals surface area contributed by atoms with E-state index in [9.17, 15) is 22.8 Å². The highest BCUT2D eigenvalue weighted by Gasteiger charge is 2.33. The zero-order valence-corrected chi connectivity index (χ0v) is 22.8. The second-order valence-electron chi connectivity index (χ2n) is 9.44. The van der Waals surface area contributed by atoms with Gasteiger partial charge in [0.25, 0.3) is 0 Å². The highest BCUT2D eigenvalue weighted by molar-refractivity contribution is 7.88. The van der Waals surface area contributed by atoms with E-state index in [2.05, 4.69) is 46.7 Å². The van der Waals surface area contributed by atoms with Crippen LogP contribution in [0.2, 0.25) is 0 Å². The average molecular weight is 556 g/mol. The maximum atomic E-state index is 12.5. The van der Waals surface area contributed by atoms with Crippen LogP contribution in [-0.4, -0.2) is 85.5 Å². The van der Waals surface area contributed by atoms with Gasteiger partial charge in [-0.3, -0.25) is 14.5 Å². The summed E-state index contributed by atoms with van der Waals surface area (Å²) in [6.45, 7) is 2.45. The number of nitriles is 1. The van der Waals surface area contributed by atoms with E-state index >= 15 is 0 Å². The number of likely N-dealkylation sites (tertiary alicyclic amines) is 1. The van der Waals surface area contributed by atoms with Gasteiger partial charge < -0.3 is 15.7 Å². The number of nitrogens with zero attached hydrogens (tertiary/aromatic N) is 3. The fraction of sp³-hybridized carbons (Fsp3) is 0.407. The number of carboxylic acid groups (broad SMARTS) is 1. The van der Waals surface area contributed by atoms with Gasteiger partial charge in [0.05, 0.1) is 19.3 Å². The number of hydrogen-bond donors (Lipinski definition) is 3. The first-order valence-corrected chi connectivity index (χ1v) is 14.4. The van der Waals surface area contributed by atoms with Crippen LogP contribution in [0.4, 0.5) is 0 Å². The number of fused-ring (bicyclic) bond motifs is 1. The molecule has 0 bridgehead atoms. The largest absolute Gasteiger partial charge is 0.477 e. The number of amides is 2. The summed E-state index contributed by atoms with van der Waals surface area (Å²) in [5.74, 6) is -2.64. The van der Waals surface area contributed by atoms with Crippen LogP contribution in [-0.2, 0) is 24.4 Å². The fourth-order valence-corrected chi connectivity index (χ4v) is 5.88. The molecule has 2 aromatic carbocycles. The van der Waals surface area contributed by atoms with Crippen molar-refractivity contribution in [3.05, 3.63) is 59.7 Å². The van der Waals surface area contributed by atoms with Crippen molar-refractivity contribution in [3.8, 4) is 6.07 Å². The Morgan fingerprint density at radius 1 is 1.13 bits per heavy atom. The Hall–Kier alpha value is -3.79. The number of sulfonamides is 1. The van der Waals surface area contributed by atoms with Crippen molar-refractivity contribution >= 4 is 38.6 Å². The topological polar surface area (TPSA) is 160 Å². The van der Waals surface area contributed by atoms with E-state index in [1.165, 1.54) is 26.7 Å². The summed E-state index contributed by atoms with van der Waals surface area (Å²) in [5, 5.41) is 24.6. The number of rotatable bonds is 11. The summed E-state index contributed by atoms with van der Waals surface area (Å²) in [6.07, 6.45) is 3.24. The molecule has 1 aliphatic rings. The summed E-state index contributed by atoms with van der Waals surface area (Å²) >= 11 is 0. The predicted molar refractivity (Wildman–Crippen MR) is 146 cm³/mol. The van der Waals surface area contributed by atoms with Crippen LogP contribution in [0, 0.1) is 11.3 Å². The molecule has 0 aromatic heterocycles. The molecule has 39 heavy (non-hydrogen) atoms. The molecule has 0 saturated carbocycles. The first-order chi connectivity index (χ1) is 18.5. The highest BCUT2D eigenvalue weighted by atomic mass is 32.2. The van der Waals surface area contributed by atoms with Gasteiger partial charge in [0, 0.05) is 31.7 Å². The van der Waals surface area contributed by atoms with E-state index in [1.807, 2.05) is 18.2 Å². The Balaban J connectivity index is 1.54. The van der Waals surface area contributed by atoms with Crippen LogP contribution in [0.3, 0.4) is 0 Å². The Morgan fingerprint density at radius 2 is 1.79 bits per heavy atom. The fourth-order valence-electron chi connectivity index (χ4n) is 4.78. The van der Waals surface area contributed by atoms with Crippen molar-refractivity contribution < 1.29 is 27.9 Å². The first-order valence-electron chi connectivity index (χ1n) is 12.6. The summed E-state index contributed by atoms with van der Waals surface area (Å²) in [7, 11) is -3.69. The van der Waals surface area contributed by atoms with Gasteiger partial charge in [-0.2, -0.15) is 9.57 Å². The minimum atomic E-state index is -3.69. The summed E-state index contributed by atoms with van der Waals surface area (Å²) in [4.78, 5) is 37.6. The molecule has 1 aliphatic heterocycles. The number of carbonyl (C=O) groups is 3. The van der Waals surface area contributed by atoms with Gasteiger partial charge in [0.15, 0.2) is 0 Å². The molecule has 1 heterocycles. The Labute approximate surface area is 228 Å². The van der Waals surface area contributed by atoms with Crippen molar-refractivity contribution in [3.63, 3.8) is 0 Å². The number of hydrogen-bond acceptors (Lipinski definition) is 7. The SMILES string of the molecule is CC(c1cccc2ccccc12)N1CCC(N(CC(=O)NCC(=O)NC/C=C(\C#N)C(=O)O)S(C)(=O)=O)CC1. The minimum Gasteiger partial charge on any atom is -0.477 e. The van der Waals surface area contributed by atoms with E-state index < -0.39 is 46.5 Å². The molecule has 3 N–H and O–H groups in total. The maximum absolute atomic E-state index is 12.5. The third-order valence-electron chi connectivity index (χ3n) is 6.86. The van der Waals surface area contributed by atoms with Gasteiger partial charge in [-0.1, -0.05) is 42.5 Å². The lowest BCUT2D eigenvalue weighted by Gasteiger charge is -2.39. The summed E-state index contributed by atoms with van der Waals surface area (Å²) in [6, 6.07) is 15.7. The Kier molecular flexibility index (Phi) is 10.2. The second kappa shape index (κ2) is 13.3. The predicted octanol–water partition coefficient (Wildman–Crippen LogP) is 1.39. The average Bonchev–Trinajstić information content (AvgIpc) is 2.91. The van der Waals surface area contributed by atoms with Crippen molar-refractivity contribution in [2.24, 2.45) is 0 Å². The zero-order valence-electron chi connectivity index (χ0n) is 22.0. The third-order valence-corrected chi connectivity index (χ3v) is 8.13. The molecule has 208 valence electrons. The van der Waals surface area contributed by atoms with E-state index in [0.29, 0.717) is 25.9 Å². The van der Waals surface area contributed by atoms with Crippen LogP contribution in [0.15, 0.2) is 54.1 Å². The molecule has 2 amide bonds. The number of carbonyl (C=O) groups excluding carboxylic acids is 2. The van der Waals surface area contributed by atoms with Crippen molar-refractivity contribution in [2.45, 2.75) is 31.8 Å². The van der Waals surface area contributed by atoms with Gasteiger partial charge in [0.1, 0.15) is 11.6 Å². The number of carboxylic acids is 1. The second-order valence-corrected chi connectivity index (χ2v) is 11.4. The quantitative estimate of drug-likeness (QED) is 0.277. The molecule has 1 unspecified atom stereocenters. The van der Waals surface area contributed by atoms with E-state index in [0.717, 1.165) is 12.3 Å². The Morgan fingerprint density at radius 3 is 2.44 bits per heavy atom. The molecular formula is C27H33N5O6S. The van der Waals surface area contributed by atoms with Crippen LogP contribution in [0.1, 0.15) is 31.4 Å². The number of nitrogens with one attached hydrogen (secondary N) is 2. The van der Waals surface area contributed by atoms with Crippen molar-refractivity contribution in [1.29, 1.82) is 5.26 Å². The number of benzene rings is 2. The smallest absolute Gasteiger partial charge is 0.346 e. The minimum absolute atomic E-state index is 0.139. The Bertz CT molecular complexity index is 1390. The van der Waals surface area contributed by atoms with E-state index in [-0.39, 0.29) is 18.6 Å². The molecule has 0 radical (unpaired) electrons. The van der Waals surface area contributed by atoms with Gasteiger partial charge in [-0.25, -0.2) is 13.2 Å². The highest BCUT2D eigenvalue weighted by Crippen LogP contribution is 2.31. The van der Waals surface area contributed by atoms with Gasteiger partial charge in [-0.05, 0) is 42.2 Å². The van der Waals surface area contributed by atoms with Crippen LogP contribution >= 0.6 is 0 Å². The maximum Gasteiger partial charge on any atom is 0.346 e. The molecule has 3 rings (SSSR count). The third kappa shape index (κ3) is 8.10. The molecular weight excluding hydrogens is 522 g/mol. The molecule has 1 atom stereocenters. The lowest BCUT2D eigenvalue weighted by molar-refractivity contribution is -0.132. The zero-order chi connectivity index (χ0) is 28.6. The molecule has 0 aliphatic carbocycles. The molecule has 1 fully saturated rings. The standard InChI is InChI=1S/C27H33N5O6S/c1-19(23-9-5-7-20-6-3-4-8-24(20)23)31-14-11-22(12-15-31)32(39(2,37)38)18-26(34)30-17-25(33)29-13-10-21(16-28)27(35)36/h3-10,19,22H,11-15,17-18H2,1-2H3,(H,29,33)(H,30,34)(H,35,36)/b21-10+. The molecule has 1 saturated heterocycles. The van der Waals surface area contributed by atoms with E-state index in [1.54, 1.807) is 0 Å². The van der Waals surface area contributed by atoms with Crippen molar-refractivity contribution in [1.82, 2.24) is 19.8 Å². The van der Waals surface area contributed by atoms with Gasteiger partial charge in [-0.15, -0.1) is 0 Å². The van der Waals surface area contributed by atoms with Crippen LogP contribution < -0.4 is 10.6 Å². The lowest BCUT2D eigenvalue weighted by Crippen LogP contribution is -2.51. The first kappa shape index (κ1) is 29.8. The van der Waals surface area contributed by atoms with E-state index in [4.69, 9.17) is 10.4 Å². The van der Waals surface area contributed by atoms with Crippen LogP contribution in [0.5, 0.6) is 0 Å². The molecule has 2 aromatic rings. The monoisotopic (exact) mass is 555 g/mol. The summed E-state index contributed by atoms with van der Waals surface area (Å²) in [5.41, 5.74) is 0.701. The van der Waals surface area contributed by atoms with Gasteiger partial charge in [0.2, 0.25) is 21.8 Å².